The molecule has 0 aromatic carbocycles. The number of nitrogens with one attached hydrogen (secondary N) is 1. The molecular weight excluding hydrogens is 206 g/mol. The van der Waals surface area contributed by atoms with Gasteiger partial charge in [-0.2, -0.15) is 0 Å². The van der Waals surface area contributed by atoms with Gasteiger partial charge in [-0.15, -0.1) is 0 Å². The van der Waals surface area contributed by atoms with Gasteiger partial charge in [0.25, 0.3) is 0 Å². The highest BCUT2D eigenvalue weighted by Gasteiger charge is 2.07. The van der Waals surface area contributed by atoms with Gasteiger partial charge >= 0.3 is 0 Å². The summed E-state index contributed by atoms with van der Waals surface area (Å²) in [5.74, 6) is 0.384. The van der Waals surface area contributed by atoms with Crippen LogP contribution in [0.15, 0.2) is 18.3 Å². The van der Waals surface area contributed by atoms with Crippen LogP contribution in [0.5, 0.6) is 5.88 Å². The molecule has 5 heteroatoms. The summed E-state index contributed by atoms with van der Waals surface area (Å²) in [6, 6.07) is 3.50. The van der Waals surface area contributed by atoms with Gasteiger partial charge in [0.1, 0.15) is 5.69 Å². The summed E-state index contributed by atoms with van der Waals surface area (Å²) >= 11 is 0. The van der Waals surface area contributed by atoms with Crippen molar-refractivity contribution in [3.63, 3.8) is 0 Å². The smallest absolute Gasteiger partial charge is 0.237 e. The minimum absolute atomic E-state index is 0.0419. The average molecular weight is 223 g/mol. The van der Waals surface area contributed by atoms with Crippen LogP contribution in [-0.4, -0.2) is 24.5 Å². The second kappa shape index (κ2) is 6.79. The van der Waals surface area contributed by atoms with E-state index in [0.717, 1.165) is 12.8 Å². The lowest BCUT2D eigenvalue weighted by Crippen LogP contribution is -2.13. The molecule has 0 aliphatic heterocycles. The number of carbonyl (C=O) groups is 1. The van der Waals surface area contributed by atoms with Crippen LogP contribution < -0.4 is 15.8 Å². The summed E-state index contributed by atoms with van der Waals surface area (Å²) in [4.78, 5) is 15.5. The van der Waals surface area contributed by atoms with Crippen molar-refractivity contribution < 1.29 is 9.53 Å². The van der Waals surface area contributed by atoms with Crippen molar-refractivity contribution in [2.24, 2.45) is 5.73 Å². The van der Waals surface area contributed by atoms with Gasteiger partial charge in [-0.3, -0.25) is 4.79 Å². The highest BCUT2D eigenvalue weighted by atomic mass is 16.5. The molecule has 1 amide bonds. The number of amides is 1. The van der Waals surface area contributed by atoms with Crippen LogP contribution in [0.4, 0.5) is 5.69 Å². The van der Waals surface area contributed by atoms with Crippen LogP contribution in [0.3, 0.4) is 0 Å². The van der Waals surface area contributed by atoms with E-state index in [0.29, 0.717) is 24.5 Å². The van der Waals surface area contributed by atoms with Gasteiger partial charge in [0.05, 0.1) is 7.11 Å². The number of rotatable bonds is 6. The lowest BCUT2D eigenvalue weighted by molar-refractivity contribution is -0.116. The van der Waals surface area contributed by atoms with Gasteiger partial charge < -0.3 is 15.8 Å². The number of aromatic nitrogens is 1. The average Bonchev–Trinajstić information content (AvgIpc) is 2.30. The molecule has 0 spiro atoms. The molecule has 5 nitrogen and oxygen atoms in total. The number of pyridine rings is 1. The topological polar surface area (TPSA) is 77.2 Å². The Bertz CT molecular complexity index is 342. The largest absolute Gasteiger partial charge is 0.480 e. The fourth-order valence-corrected chi connectivity index (χ4v) is 1.29. The van der Waals surface area contributed by atoms with Crippen LogP contribution >= 0.6 is 0 Å². The second-order valence-electron chi connectivity index (χ2n) is 3.35. The van der Waals surface area contributed by atoms with Crippen molar-refractivity contribution in [1.29, 1.82) is 0 Å². The summed E-state index contributed by atoms with van der Waals surface area (Å²) in [6.45, 7) is 0.615. The molecule has 0 saturated carbocycles. The maximum absolute atomic E-state index is 11.5. The normalized spacial score (nSPS) is 9.88. The summed E-state index contributed by atoms with van der Waals surface area (Å²) in [5.41, 5.74) is 5.95. The number of hydrogen-bond acceptors (Lipinski definition) is 4. The molecule has 3 N–H and O–H groups in total. The first kappa shape index (κ1) is 12.4. The molecule has 88 valence electrons. The third-order valence-electron chi connectivity index (χ3n) is 2.10. The molecule has 1 rings (SSSR count). The van der Waals surface area contributed by atoms with E-state index in [9.17, 15) is 4.79 Å². The number of hydrogen-bond donors (Lipinski definition) is 2. The quantitative estimate of drug-likeness (QED) is 0.709. The summed E-state index contributed by atoms with van der Waals surface area (Å²) < 4.78 is 5.03. The van der Waals surface area contributed by atoms with Gasteiger partial charge in [-0.1, -0.05) is 0 Å². The van der Waals surface area contributed by atoms with E-state index >= 15 is 0 Å². The Morgan fingerprint density at radius 1 is 1.56 bits per heavy atom. The lowest BCUT2D eigenvalue weighted by atomic mass is 10.2. The molecular formula is C11H17N3O2. The number of nitrogens with zero attached hydrogens (tertiary/aromatic N) is 1. The molecule has 0 bridgehead atoms. The number of methoxy groups -OCH3 is 1. The number of carbonyl (C=O) groups excluding carboxylic acids is 1. The minimum atomic E-state index is -0.0419. The third kappa shape index (κ3) is 3.86. The third-order valence-corrected chi connectivity index (χ3v) is 2.10. The van der Waals surface area contributed by atoms with Gasteiger partial charge in [0.2, 0.25) is 11.8 Å². The van der Waals surface area contributed by atoms with E-state index in [2.05, 4.69) is 10.3 Å². The van der Waals surface area contributed by atoms with E-state index in [4.69, 9.17) is 10.5 Å². The standard InChI is InChI=1S/C11H17N3O2/c1-16-11-9(5-4-8-13-11)14-10(15)6-2-3-7-12/h4-5,8H,2-3,6-7,12H2,1H3,(H,14,15). The first-order valence-corrected chi connectivity index (χ1v) is 5.27. The zero-order valence-electron chi connectivity index (χ0n) is 9.40. The first-order chi connectivity index (χ1) is 7.77. The molecule has 0 unspecified atom stereocenters. The second-order valence-corrected chi connectivity index (χ2v) is 3.35. The van der Waals surface area contributed by atoms with Gasteiger partial charge in [-0.25, -0.2) is 4.98 Å². The maximum atomic E-state index is 11.5. The van der Waals surface area contributed by atoms with Crippen LogP contribution in [0, 0.1) is 0 Å². The number of unbranched alkanes of at least 4 members (excludes halogenated alkanes) is 1. The van der Waals surface area contributed by atoms with Crippen LogP contribution in [0.2, 0.25) is 0 Å². The molecule has 0 fully saturated rings. The highest BCUT2D eigenvalue weighted by molar-refractivity contribution is 5.91. The van der Waals surface area contributed by atoms with Gasteiger partial charge in [-0.05, 0) is 31.5 Å². The van der Waals surface area contributed by atoms with Crippen molar-refractivity contribution in [2.45, 2.75) is 19.3 Å². The van der Waals surface area contributed by atoms with E-state index < -0.39 is 0 Å². The fourth-order valence-electron chi connectivity index (χ4n) is 1.29. The molecule has 1 aromatic rings. The van der Waals surface area contributed by atoms with E-state index in [-0.39, 0.29) is 5.91 Å². The Hall–Kier alpha value is -1.62. The Labute approximate surface area is 95.0 Å². The van der Waals surface area contributed by atoms with Crippen LogP contribution in [0.1, 0.15) is 19.3 Å². The Kier molecular flexibility index (Phi) is 5.28. The van der Waals surface area contributed by atoms with Crippen molar-refractivity contribution in [1.82, 2.24) is 4.98 Å². The highest BCUT2D eigenvalue weighted by Crippen LogP contribution is 2.19. The van der Waals surface area contributed by atoms with E-state index in [1.54, 1.807) is 18.3 Å². The van der Waals surface area contributed by atoms with Gasteiger partial charge in [0, 0.05) is 12.6 Å². The van der Waals surface area contributed by atoms with Crippen molar-refractivity contribution >= 4 is 11.6 Å². The predicted molar refractivity (Wildman–Crippen MR) is 62.3 cm³/mol. The van der Waals surface area contributed by atoms with Crippen LogP contribution in [-0.2, 0) is 4.79 Å². The van der Waals surface area contributed by atoms with E-state index in [1.807, 2.05) is 0 Å². The van der Waals surface area contributed by atoms with Crippen molar-refractivity contribution in [3.8, 4) is 5.88 Å². The number of anilines is 1. The first-order valence-electron chi connectivity index (χ1n) is 5.27. The summed E-state index contributed by atoms with van der Waals surface area (Å²) in [7, 11) is 1.52. The molecule has 0 aliphatic carbocycles. The Morgan fingerprint density at radius 3 is 3.06 bits per heavy atom. The van der Waals surface area contributed by atoms with Crippen molar-refractivity contribution in [3.05, 3.63) is 18.3 Å². The Balaban J connectivity index is 2.49. The number of ether oxygens (including phenoxy) is 1. The minimum Gasteiger partial charge on any atom is -0.480 e. The van der Waals surface area contributed by atoms with Crippen LogP contribution in [0.25, 0.3) is 0 Å². The van der Waals surface area contributed by atoms with E-state index in [1.165, 1.54) is 7.11 Å². The molecule has 1 aromatic heterocycles. The zero-order valence-corrected chi connectivity index (χ0v) is 9.40. The molecule has 0 aliphatic rings. The molecule has 0 saturated heterocycles. The SMILES string of the molecule is COc1ncccc1NC(=O)CCCCN. The predicted octanol–water partition coefficient (Wildman–Crippen LogP) is 1.16. The molecule has 0 radical (unpaired) electrons. The molecule has 1 heterocycles. The summed E-state index contributed by atoms with van der Waals surface area (Å²) in [6.07, 6.45) is 3.74. The molecule has 0 atom stereocenters. The molecule has 16 heavy (non-hydrogen) atoms. The Morgan fingerprint density at radius 2 is 2.38 bits per heavy atom. The maximum Gasteiger partial charge on any atom is 0.237 e. The summed E-state index contributed by atoms with van der Waals surface area (Å²) in [5, 5.41) is 2.75. The fraction of sp³-hybridized carbons (Fsp3) is 0.455. The monoisotopic (exact) mass is 223 g/mol. The van der Waals surface area contributed by atoms with Crippen molar-refractivity contribution in [2.75, 3.05) is 19.0 Å². The number of nitrogens with two attached hydrogens (primary N) is 1. The zero-order chi connectivity index (χ0) is 11.8. The lowest BCUT2D eigenvalue weighted by Gasteiger charge is -2.08. The van der Waals surface area contributed by atoms with Gasteiger partial charge in [0.15, 0.2) is 0 Å².